The molecule has 2 rings (SSSR count). The van der Waals surface area contributed by atoms with Crippen molar-refractivity contribution in [2.75, 3.05) is 31.5 Å². The van der Waals surface area contributed by atoms with Gasteiger partial charge in [0.15, 0.2) is 0 Å². The molecule has 2 N–H and O–H groups in total. The van der Waals surface area contributed by atoms with Crippen LogP contribution < -0.4 is 10.6 Å². The summed E-state index contributed by atoms with van der Waals surface area (Å²) in [4.78, 5) is 25.6. The molecule has 0 spiro atoms. The third kappa shape index (κ3) is 4.33. The van der Waals surface area contributed by atoms with E-state index >= 15 is 0 Å². The van der Waals surface area contributed by atoms with Gasteiger partial charge in [0.1, 0.15) is 0 Å². The quantitative estimate of drug-likeness (QED) is 0.629. The molecule has 0 unspecified atom stereocenters. The minimum absolute atomic E-state index is 0.0565. The molecule has 5 nitrogen and oxygen atoms in total. The van der Waals surface area contributed by atoms with Gasteiger partial charge in [-0.1, -0.05) is 5.92 Å². The molecule has 2 amide bonds. The van der Waals surface area contributed by atoms with Gasteiger partial charge < -0.3 is 10.2 Å². The van der Waals surface area contributed by atoms with Crippen LogP contribution in [0.25, 0.3) is 0 Å². The van der Waals surface area contributed by atoms with Crippen LogP contribution in [0.2, 0.25) is 0 Å². The molecule has 1 aliphatic heterocycles. The van der Waals surface area contributed by atoms with E-state index in [0.717, 1.165) is 25.9 Å². The summed E-state index contributed by atoms with van der Waals surface area (Å²) in [5.41, 5.74) is 1.32. The van der Waals surface area contributed by atoms with E-state index in [2.05, 4.69) is 16.6 Å². The summed E-state index contributed by atoms with van der Waals surface area (Å²) in [5, 5.41) is 5.55. The fourth-order valence-electron chi connectivity index (χ4n) is 2.25. The van der Waals surface area contributed by atoms with Crippen molar-refractivity contribution in [1.82, 2.24) is 10.2 Å². The molecular formula is C16H19N3O2. The second-order valence-corrected chi connectivity index (χ2v) is 4.93. The Morgan fingerprint density at radius 3 is 2.48 bits per heavy atom. The number of hydrogen-bond donors (Lipinski definition) is 2. The summed E-state index contributed by atoms with van der Waals surface area (Å²) >= 11 is 0. The summed E-state index contributed by atoms with van der Waals surface area (Å²) in [5.74, 6) is 2.29. The van der Waals surface area contributed by atoms with Crippen LogP contribution in [0.3, 0.4) is 0 Å². The summed E-state index contributed by atoms with van der Waals surface area (Å²) in [6, 6.07) is 6.96. The fraction of sp³-hybridized carbons (Fsp3) is 0.375. The molecular weight excluding hydrogens is 266 g/mol. The van der Waals surface area contributed by atoms with Crippen molar-refractivity contribution >= 4 is 17.5 Å². The van der Waals surface area contributed by atoms with Gasteiger partial charge in [0.05, 0.1) is 13.1 Å². The lowest BCUT2D eigenvalue weighted by atomic mass is 10.2. The minimum Gasteiger partial charge on any atom is -0.339 e. The van der Waals surface area contributed by atoms with Gasteiger partial charge >= 0.3 is 0 Å². The van der Waals surface area contributed by atoms with Gasteiger partial charge in [-0.05, 0) is 37.1 Å². The van der Waals surface area contributed by atoms with Crippen molar-refractivity contribution in [3.63, 3.8) is 0 Å². The van der Waals surface area contributed by atoms with Crippen molar-refractivity contribution in [1.29, 1.82) is 0 Å². The third-order valence-electron chi connectivity index (χ3n) is 3.32. The molecule has 0 radical (unpaired) electrons. The highest BCUT2D eigenvalue weighted by molar-refractivity contribution is 5.96. The van der Waals surface area contributed by atoms with Crippen LogP contribution in [-0.2, 0) is 4.79 Å². The van der Waals surface area contributed by atoms with Gasteiger partial charge in [-0.25, -0.2) is 0 Å². The molecule has 1 saturated heterocycles. The maximum atomic E-state index is 12.2. The van der Waals surface area contributed by atoms with Crippen molar-refractivity contribution in [3.05, 3.63) is 29.8 Å². The van der Waals surface area contributed by atoms with Crippen LogP contribution in [0.4, 0.5) is 5.69 Å². The Bertz CT molecular complexity index is 540. The average Bonchev–Trinajstić information content (AvgIpc) is 3.02. The van der Waals surface area contributed by atoms with Crippen molar-refractivity contribution in [3.8, 4) is 12.3 Å². The lowest BCUT2D eigenvalue weighted by Crippen LogP contribution is -2.28. The Morgan fingerprint density at radius 1 is 1.19 bits per heavy atom. The molecule has 110 valence electrons. The Balaban J connectivity index is 1.88. The van der Waals surface area contributed by atoms with Gasteiger partial charge in [-0.3, -0.25) is 14.9 Å². The van der Waals surface area contributed by atoms with Crippen LogP contribution in [-0.4, -0.2) is 42.9 Å². The number of carbonyl (C=O) groups excluding carboxylic acids is 2. The Morgan fingerprint density at radius 2 is 1.86 bits per heavy atom. The highest BCUT2D eigenvalue weighted by Gasteiger charge is 2.19. The molecule has 0 atom stereocenters. The molecule has 5 heteroatoms. The summed E-state index contributed by atoms with van der Waals surface area (Å²) in [6.07, 6.45) is 7.23. The summed E-state index contributed by atoms with van der Waals surface area (Å²) < 4.78 is 0. The number of anilines is 1. The monoisotopic (exact) mass is 285 g/mol. The first kappa shape index (κ1) is 15.1. The maximum Gasteiger partial charge on any atom is 0.253 e. The molecule has 0 aromatic heterocycles. The lowest BCUT2D eigenvalue weighted by Gasteiger charge is -2.15. The number of nitrogens with one attached hydrogen (secondary N) is 2. The molecule has 1 aromatic carbocycles. The SMILES string of the molecule is C#CCNCC(=O)Nc1ccc(C(=O)N2CCCC2)cc1. The van der Waals surface area contributed by atoms with Crippen LogP contribution in [0.5, 0.6) is 0 Å². The first-order chi connectivity index (χ1) is 10.2. The van der Waals surface area contributed by atoms with E-state index < -0.39 is 0 Å². The highest BCUT2D eigenvalue weighted by atomic mass is 16.2. The Kier molecular flexibility index (Phi) is 5.35. The van der Waals surface area contributed by atoms with Crippen molar-refractivity contribution in [2.45, 2.75) is 12.8 Å². The highest BCUT2D eigenvalue weighted by Crippen LogP contribution is 2.15. The number of rotatable bonds is 5. The fourth-order valence-corrected chi connectivity index (χ4v) is 2.25. The van der Waals surface area contributed by atoms with Crippen LogP contribution >= 0.6 is 0 Å². The van der Waals surface area contributed by atoms with E-state index in [9.17, 15) is 9.59 Å². The summed E-state index contributed by atoms with van der Waals surface area (Å²) in [7, 11) is 0. The number of hydrogen-bond acceptors (Lipinski definition) is 3. The molecule has 0 aliphatic carbocycles. The van der Waals surface area contributed by atoms with Gasteiger partial charge in [0.25, 0.3) is 5.91 Å². The van der Waals surface area contributed by atoms with E-state index in [0.29, 0.717) is 17.8 Å². The second kappa shape index (κ2) is 7.46. The van der Waals surface area contributed by atoms with E-state index in [-0.39, 0.29) is 18.4 Å². The second-order valence-electron chi connectivity index (χ2n) is 4.93. The number of likely N-dealkylation sites (tertiary alicyclic amines) is 1. The molecule has 1 aromatic rings. The number of terminal acetylenes is 1. The standard InChI is InChI=1S/C16H19N3O2/c1-2-9-17-12-15(20)18-14-7-5-13(6-8-14)16(21)19-10-3-4-11-19/h1,5-8,17H,3-4,9-12H2,(H,18,20). The molecule has 21 heavy (non-hydrogen) atoms. The van der Waals surface area contributed by atoms with E-state index in [4.69, 9.17) is 6.42 Å². The van der Waals surface area contributed by atoms with Gasteiger partial charge in [0.2, 0.25) is 5.91 Å². The van der Waals surface area contributed by atoms with E-state index in [1.165, 1.54) is 0 Å². The predicted molar refractivity (Wildman–Crippen MR) is 81.9 cm³/mol. The normalized spacial score (nSPS) is 13.8. The van der Waals surface area contributed by atoms with E-state index in [1.807, 2.05) is 4.90 Å². The van der Waals surface area contributed by atoms with Gasteiger partial charge in [0, 0.05) is 24.3 Å². The molecule has 0 bridgehead atoms. The number of nitrogens with zero attached hydrogens (tertiary/aromatic N) is 1. The zero-order valence-electron chi connectivity index (χ0n) is 11.9. The number of amides is 2. The Labute approximate surface area is 124 Å². The van der Waals surface area contributed by atoms with Gasteiger partial charge in [-0.15, -0.1) is 6.42 Å². The van der Waals surface area contributed by atoms with Gasteiger partial charge in [-0.2, -0.15) is 0 Å². The number of carbonyl (C=O) groups is 2. The zero-order valence-corrected chi connectivity index (χ0v) is 11.9. The molecule has 1 heterocycles. The molecule has 0 saturated carbocycles. The van der Waals surface area contributed by atoms with Crippen molar-refractivity contribution < 1.29 is 9.59 Å². The Hall–Kier alpha value is -2.32. The molecule has 1 aliphatic rings. The third-order valence-corrected chi connectivity index (χ3v) is 3.32. The minimum atomic E-state index is -0.163. The first-order valence-corrected chi connectivity index (χ1v) is 7.04. The zero-order chi connectivity index (χ0) is 15.1. The average molecular weight is 285 g/mol. The topological polar surface area (TPSA) is 61.4 Å². The molecule has 1 fully saturated rings. The first-order valence-electron chi connectivity index (χ1n) is 7.04. The van der Waals surface area contributed by atoms with Crippen LogP contribution in [0.15, 0.2) is 24.3 Å². The van der Waals surface area contributed by atoms with Crippen molar-refractivity contribution in [2.24, 2.45) is 0 Å². The number of benzene rings is 1. The smallest absolute Gasteiger partial charge is 0.253 e. The van der Waals surface area contributed by atoms with Crippen LogP contribution in [0.1, 0.15) is 23.2 Å². The van der Waals surface area contributed by atoms with E-state index in [1.54, 1.807) is 24.3 Å². The largest absolute Gasteiger partial charge is 0.339 e. The maximum absolute atomic E-state index is 12.2. The van der Waals surface area contributed by atoms with Crippen LogP contribution in [0, 0.1) is 12.3 Å². The lowest BCUT2D eigenvalue weighted by molar-refractivity contribution is -0.115. The summed E-state index contributed by atoms with van der Waals surface area (Å²) in [6.45, 7) is 2.19. The predicted octanol–water partition coefficient (Wildman–Crippen LogP) is 1.08.